The highest BCUT2D eigenvalue weighted by atomic mass is 35.5. The van der Waals surface area contributed by atoms with E-state index in [2.05, 4.69) is 51.1 Å². The highest BCUT2D eigenvalue weighted by Gasteiger charge is 2.24. The van der Waals surface area contributed by atoms with E-state index in [1.807, 2.05) is 0 Å². The fourth-order valence-electron chi connectivity index (χ4n) is 2.09. The van der Waals surface area contributed by atoms with E-state index in [4.69, 9.17) is 5.73 Å². The molecule has 0 amide bonds. The van der Waals surface area contributed by atoms with Gasteiger partial charge >= 0.3 is 0 Å². The van der Waals surface area contributed by atoms with E-state index in [1.54, 1.807) is 0 Å². The zero-order chi connectivity index (χ0) is 12.0. The summed E-state index contributed by atoms with van der Waals surface area (Å²) in [6, 6.07) is 10.7. The number of nitrogens with two attached hydrogens (primary N) is 1. The minimum atomic E-state index is -0.0784. The van der Waals surface area contributed by atoms with E-state index in [-0.39, 0.29) is 17.9 Å². The Kier molecular flexibility index (Phi) is 7.49. The van der Waals surface area contributed by atoms with Crippen LogP contribution in [0.15, 0.2) is 30.3 Å². The molecule has 98 valence electrons. The number of hydrogen-bond acceptors (Lipinski definition) is 1. The molecule has 0 radical (unpaired) electrons. The van der Waals surface area contributed by atoms with Gasteiger partial charge in [0.25, 0.3) is 0 Å². The van der Waals surface area contributed by atoms with Crippen LogP contribution in [0.3, 0.4) is 0 Å². The second-order valence-corrected chi connectivity index (χ2v) is 5.35. The molecular formula is C15H26ClN. The molecule has 0 aromatic heterocycles. The van der Waals surface area contributed by atoms with E-state index >= 15 is 0 Å². The fourth-order valence-corrected chi connectivity index (χ4v) is 2.09. The maximum absolute atomic E-state index is 6.27. The van der Waals surface area contributed by atoms with E-state index in [0.29, 0.717) is 5.92 Å². The standard InChI is InChI=1S/C15H25N.ClH/c1-4-5-11-14(15(2,3)16)12-13-9-7-6-8-10-13;/h6-10,14H,4-5,11-12,16H2,1-3H3;1H. The van der Waals surface area contributed by atoms with Crippen LogP contribution in [0.25, 0.3) is 0 Å². The number of benzene rings is 1. The van der Waals surface area contributed by atoms with Crippen LogP contribution in [0, 0.1) is 5.92 Å². The van der Waals surface area contributed by atoms with Gasteiger partial charge in [-0.2, -0.15) is 0 Å². The minimum absolute atomic E-state index is 0. The second kappa shape index (κ2) is 7.73. The topological polar surface area (TPSA) is 26.0 Å². The van der Waals surface area contributed by atoms with Crippen LogP contribution in [0.2, 0.25) is 0 Å². The molecule has 1 rings (SSSR count). The molecule has 1 aromatic rings. The summed E-state index contributed by atoms with van der Waals surface area (Å²) in [5.41, 5.74) is 7.59. The van der Waals surface area contributed by atoms with Gasteiger partial charge in [0.1, 0.15) is 0 Å². The first-order valence-electron chi connectivity index (χ1n) is 6.37. The Bertz CT molecular complexity index is 290. The SMILES string of the molecule is CCCCC(Cc1ccccc1)C(C)(C)N.Cl. The number of unbranched alkanes of at least 4 members (excludes halogenated alkanes) is 1. The lowest BCUT2D eigenvalue weighted by Crippen LogP contribution is -2.42. The van der Waals surface area contributed by atoms with Crippen molar-refractivity contribution in [2.24, 2.45) is 11.7 Å². The molecule has 1 unspecified atom stereocenters. The van der Waals surface area contributed by atoms with Crippen molar-refractivity contribution in [1.82, 2.24) is 0 Å². The largest absolute Gasteiger partial charge is 0.325 e. The molecule has 2 N–H and O–H groups in total. The first kappa shape index (κ1) is 16.5. The average Bonchev–Trinajstić information content (AvgIpc) is 2.24. The van der Waals surface area contributed by atoms with E-state index in [0.717, 1.165) is 6.42 Å². The summed E-state index contributed by atoms with van der Waals surface area (Å²) in [5, 5.41) is 0. The smallest absolute Gasteiger partial charge is 0.0129 e. The molecule has 0 fully saturated rings. The Balaban J connectivity index is 0.00000256. The van der Waals surface area contributed by atoms with Crippen LogP contribution in [-0.4, -0.2) is 5.54 Å². The summed E-state index contributed by atoms with van der Waals surface area (Å²) in [7, 11) is 0. The third-order valence-corrected chi connectivity index (χ3v) is 3.28. The van der Waals surface area contributed by atoms with Crippen molar-refractivity contribution in [3.8, 4) is 0 Å². The highest BCUT2D eigenvalue weighted by Crippen LogP contribution is 2.24. The van der Waals surface area contributed by atoms with E-state index in [9.17, 15) is 0 Å². The predicted octanol–water partition coefficient (Wildman–Crippen LogP) is 4.19. The average molecular weight is 256 g/mol. The normalized spacial score (nSPS) is 12.9. The molecule has 1 atom stereocenters. The van der Waals surface area contributed by atoms with Gasteiger partial charge in [-0.15, -0.1) is 12.4 Å². The van der Waals surface area contributed by atoms with Crippen molar-refractivity contribution >= 4 is 12.4 Å². The molecule has 0 spiro atoms. The van der Waals surface area contributed by atoms with Crippen molar-refractivity contribution in [3.63, 3.8) is 0 Å². The van der Waals surface area contributed by atoms with Crippen LogP contribution >= 0.6 is 12.4 Å². The summed E-state index contributed by atoms with van der Waals surface area (Å²) < 4.78 is 0. The quantitative estimate of drug-likeness (QED) is 0.810. The number of halogens is 1. The van der Waals surface area contributed by atoms with Gasteiger partial charge in [0.15, 0.2) is 0 Å². The van der Waals surface area contributed by atoms with Gasteiger partial charge in [-0.1, -0.05) is 50.1 Å². The summed E-state index contributed by atoms with van der Waals surface area (Å²) in [5.74, 6) is 0.579. The summed E-state index contributed by atoms with van der Waals surface area (Å²) in [6.45, 7) is 6.54. The van der Waals surface area contributed by atoms with Crippen LogP contribution in [0.5, 0.6) is 0 Å². The molecular weight excluding hydrogens is 230 g/mol. The molecule has 2 heteroatoms. The maximum atomic E-state index is 6.27. The monoisotopic (exact) mass is 255 g/mol. The van der Waals surface area contributed by atoms with Crippen LogP contribution < -0.4 is 5.73 Å². The Hall–Kier alpha value is -0.530. The van der Waals surface area contributed by atoms with Gasteiger partial charge in [0.2, 0.25) is 0 Å². The zero-order valence-electron chi connectivity index (χ0n) is 11.3. The molecule has 0 heterocycles. The highest BCUT2D eigenvalue weighted by molar-refractivity contribution is 5.85. The minimum Gasteiger partial charge on any atom is -0.325 e. The third-order valence-electron chi connectivity index (χ3n) is 3.28. The number of rotatable bonds is 6. The maximum Gasteiger partial charge on any atom is 0.0129 e. The summed E-state index contributed by atoms with van der Waals surface area (Å²) >= 11 is 0. The van der Waals surface area contributed by atoms with Crippen LogP contribution in [0.4, 0.5) is 0 Å². The Morgan fingerprint density at radius 2 is 1.76 bits per heavy atom. The van der Waals surface area contributed by atoms with Crippen molar-refractivity contribution < 1.29 is 0 Å². The predicted molar refractivity (Wildman–Crippen MR) is 78.7 cm³/mol. The summed E-state index contributed by atoms with van der Waals surface area (Å²) in [6.07, 6.45) is 4.86. The fraction of sp³-hybridized carbons (Fsp3) is 0.600. The summed E-state index contributed by atoms with van der Waals surface area (Å²) in [4.78, 5) is 0. The molecule has 0 bridgehead atoms. The van der Waals surface area contributed by atoms with E-state index < -0.39 is 0 Å². The van der Waals surface area contributed by atoms with Gasteiger partial charge in [-0.05, 0) is 38.2 Å². The molecule has 0 aliphatic rings. The Morgan fingerprint density at radius 3 is 2.24 bits per heavy atom. The first-order chi connectivity index (χ1) is 7.54. The van der Waals surface area contributed by atoms with Crippen LogP contribution in [0.1, 0.15) is 45.6 Å². The van der Waals surface area contributed by atoms with Crippen molar-refractivity contribution in [1.29, 1.82) is 0 Å². The van der Waals surface area contributed by atoms with Crippen molar-refractivity contribution in [3.05, 3.63) is 35.9 Å². The lowest BCUT2D eigenvalue weighted by molar-refractivity contribution is 0.292. The Labute approximate surface area is 112 Å². The number of hydrogen-bond donors (Lipinski definition) is 1. The lowest BCUT2D eigenvalue weighted by atomic mass is 9.80. The van der Waals surface area contributed by atoms with Gasteiger partial charge in [0, 0.05) is 5.54 Å². The first-order valence-corrected chi connectivity index (χ1v) is 6.37. The van der Waals surface area contributed by atoms with Gasteiger partial charge < -0.3 is 5.73 Å². The van der Waals surface area contributed by atoms with Gasteiger partial charge in [-0.25, -0.2) is 0 Å². The van der Waals surface area contributed by atoms with E-state index in [1.165, 1.54) is 24.8 Å². The molecule has 0 aliphatic carbocycles. The third kappa shape index (κ3) is 6.09. The second-order valence-electron chi connectivity index (χ2n) is 5.35. The Morgan fingerprint density at radius 1 is 1.18 bits per heavy atom. The zero-order valence-corrected chi connectivity index (χ0v) is 12.1. The molecule has 0 aliphatic heterocycles. The van der Waals surface area contributed by atoms with Crippen LogP contribution in [-0.2, 0) is 6.42 Å². The van der Waals surface area contributed by atoms with Gasteiger partial charge in [0.05, 0.1) is 0 Å². The molecule has 17 heavy (non-hydrogen) atoms. The molecule has 1 nitrogen and oxygen atoms in total. The van der Waals surface area contributed by atoms with Crippen molar-refractivity contribution in [2.45, 2.75) is 52.0 Å². The molecule has 0 saturated carbocycles. The molecule has 1 aromatic carbocycles. The van der Waals surface area contributed by atoms with Crippen molar-refractivity contribution in [2.75, 3.05) is 0 Å². The molecule has 0 saturated heterocycles. The van der Waals surface area contributed by atoms with Gasteiger partial charge in [-0.3, -0.25) is 0 Å². The lowest BCUT2D eigenvalue weighted by Gasteiger charge is -2.31.